The zero-order valence-electron chi connectivity index (χ0n) is 22.1. The van der Waals surface area contributed by atoms with Gasteiger partial charge in [-0.2, -0.15) is 0 Å². The number of nitrogens with one attached hydrogen (secondary N) is 1. The molecule has 0 heterocycles. The van der Waals surface area contributed by atoms with Crippen LogP contribution in [0.15, 0.2) is 77.7 Å². The van der Waals surface area contributed by atoms with Crippen molar-refractivity contribution in [2.24, 2.45) is 0 Å². The summed E-state index contributed by atoms with van der Waals surface area (Å²) in [5.74, 6) is -0.758. The van der Waals surface area contributed by atoms with E-state index in [0.717, 1.165) is 26.6 Å². The van der Waals surface area contributed by atoms with E-state index in [1.807, 2.05) is 64.1 Å². The molecular formula is C29H35N3O4S. The highest BCUT2D eigenvalue weighted by atomic mass is 32.2. The number of para-hydroxylation sites is 1. The van der Waals surface area contributed by atoms with E-state index in [-0.39, 0.29) is 17.3 Å². The van der Waals surface area contributed by atoms with Gasteiger partial charge in [0.1, 0.15) is 12.6 Å². The quantitative estimate of drug-likeness (QED) is 0.430. The fourth-order valence-corrected chi connectivity index (χ4v) is 5.73. The zero-order valence-corrected chi connectivity index (χ0v) is 22.9. The second-order valence-corrected chi connectivity index (χ2v) is 11.0. The molecular weight excluding hydrogens is 486 g/mol. The van der Waals surface area contributed by atoms with Gasteiger partial charge in [0.15, 0.2) is 0 Å². The summed E-state index contributed by atoms with van der Waals surface area (Å²) in [4.78, 5) is 28.3. The predicted octanol–water partition coefficient (Wildman–Crippen LogP) is 4.36. The average Bonchev–Trinajstić information content (AvgIpc) is 2.88. The lowest BCUT2D eigenvalue weighted by Gasteiger charge is -2.33. The second kappa shape index (κ2) is 12.1. The van der Waals surface area contributed by atoms with Crippen LogP contribution in [0.3, 0.4) is 0 Å². The summed E-state index contributed by atoms with van der Waals surface area (Å²) in [6, 6.07) is 20.5. The van der Waals surface area contributed by atoms with Crippen LogP contribution in [0.1, 0.15) is 35.6 Å². The van der Waals surface area contributed by atoms with Crippen LogP contribution < -0.4 is 9.62 Å². The van der Waals surface area contributed by atoms with E-state index < -0.39 is 28.5 Å². The molecule has 0 aromatic heterocycles. The maximum atomic E-state index is 13.9. The van der Waals surface area contributed by atoms with Crippen molar-refractivity contribution in [1.29, 1.82) is 0 Å². The van der Waals surface area contributed by atoms with Crippen molar-refractivity contribution in [2.45, 2.75) is 51.6 Å². The van der Waals surface area contributed by atoms with E-state index in [1.54, 1.807) is 36.4 Å². The molecule has 196 valence electrons. The Morgan fingerprint density at radius 3 is 2.03 bits per heavy atom. The fourth-order valence-electron chi connectivity index (χ4n) is 4.25. The first-order valence-corrected chi connectivity index (χ1v) is 13.7. The minimum Gasteiger partial charge on any atom is -0.357 e. The summed E-state index contributed by atoms with van der Waals surface area (Å²) < 4.78 is 28.9. The Morgan fingerprint density at radius 1 is 0.865 bits per heavy atom. The van der Waals surface area contributed by atoms with Crippen LogP contribution in [0.5, 0.6) is 0 Å². The number of hydrogen-bond donors (Lipinski definition) is 1. The summed E-state index contributed by atoms with van der Waals surface area (Å²) in [5.41, 5.74) is 3.94. The summed E-state index contributed by atoms with van der Waals surface area (Å²) >= 11 is 0. The smallest absolute Gasteiger partial charge is 0.264 e. The van der Waals surface area contributed by atoms with E-state index in [9.17, 15) is 18.0 Å². The van der Waals surface area contributed by atoms with Crippen molar-refractivity contribution in [3.05, 3.63) is 95.1 Å². The molecule has 37 heavy (non-hydrogen) atoms. The monoisotopic (exact) mass is 521 g/mol. The molecule has 1 atom stereocenters. The number of carbonyl (C=O) groups is 2. The van der Waals surface area contributed by atoms with E-state index in [0.29, 0.717) is 12.1 Å². The molecule has 3 rings (SSSR count). The van der Waals surface area contributed by atoms with Gasteiger partial charge in [0.2, 0.25) is 11.8 Å². The molecule has 0 spiro atoms. The van der Waals surface area contributed by atoms with Gasteiger partial charge in [0.25, 0.3) is 10.0 Å². The highest BCUT2D eigenvalue weighted by Crippen LogP contribution is 2.28. The predicted molar refractivity (Wildman–Crippen MR) is 147 cm³/mol. The average molecular weight is 522 g/mol. The molecule has 0 aliphatic carbocycles. The summed E-state index contributed by atoms with van der Waals surface area (Å²) in [6.07, 6.45) is 0.381. The maximum absolute atomic E-state index is 13.9. The van der Waals surface area contributed by atoms with Gasteiger partial charge in [-0.1, -0.05) is 67.1 Å². The van der Waals surface area contributed by atoms with Crippen LogP contribution >= 0.6 is 0 Å². The SMILES string of the molecule is CC[C@@H](C(=O)NC)N(Cc1ccccc1C)C(=O)CN(c1ccccc1C)S(=O)(=O)c1ccc(C)cc1. The van der Waals surface area contributed by atoms with Crippen LogP contribution in [0.25, 0.3) is 0 Å². The number of nitrogens with zero attached hydrogens (tertiary/aromatic N) is 2. The van der Waals surface area contributed by atoms with Crippen LogP contribution in [-0.2, 0) is 26.2 Å². The normalized spacial score (nSPS) is 12.0. The topological polar surface area (TPSA) is 86.8 Å². The standard InChI is InChI=1S/C29H35N3O4S/c1-6-26(29(34)30-5)31(19-24-13-9-7-11-22(24)3)28(33)20-32(27-14-10-8-12-23(27)4)37(35,36)25-17-15-21(2)16-18-25/h7-18,26H,6,19-20H2,1-5H3,(H,30,34)/t26-/m0/s1. The van der Waals surface area contributed by atoms with Crippen molar-refractivity contribution < 1.29 is 18.0 Å². The highest BCUT2D eigenvalue weighted by molar-refractivity contribution is 7.92. The van der Waals surface area contributed by atoms with Gasteiger partial charge in [0.05, 0.1) is 10.6 Å². The molecule has 0 aliphatic rings. The second-order valence-electron chi connectivity index (χ2n) is 9.10. The summed E-state index contributed by atoms with van der Waals surface area (Å²) in [5, 5.41) is 2.64. The number of aryl methyl sites for hydroxylation is 3. The molecule has 3 aromatic carbocycles. The molecule has 0 saturated heterocycles. The largest absolute Gasteiger partial charge is 0.357 e. The molecule has 0 unspecified atom stereocenters. The first kappa shape index (κ1) is 27.9. The lowest BCUT2D eigenvalue weighted by Crippen LogP contribution is -2.52. The third-order valence-electron chi connectivity index (χ3n) is 6.51. The van der Waals surface area contributed by atoms with E-state index in [2.05, 4.69) is 5.32 Å². The number of amides is 2. The van der Waals surface area contributed by atoms with Gasteiger partial charge < -0.3 is 10.2 Å². The molecule has 8 heteroatoms. The van der Waals surface area contributed by atoms with Crippen LogP contribution in [0.4, 0.5) is 5.69 Å². The van der Waals surface area contributed by atoms with Crippen LogP contribution in [-0.4, -0.2) is 44.8 Å². The van der Waals surface area contributed by atoms with E-state index >= 15 is 0 Å². The van der Waals surface area contributed by atoms with Crippen molar-refractivity contribution >= 4 is 27.5 Å². The molecule has 2 amide bonds. The molecule has 0 bridgehead atoms. The van der Waals surface area contributed by atoms with Crippen LogP contribution in [0.2, 0.25) is 0 Å². The number of rotatable bonds is 10. The first-order valence-electron chi connectivity index (χ1n) is 12.3. The number of anilines is 1. The maximum Gasteiger partial charge on any atom is 0.264 e. The number of benzene rings is 3. The minimum absolute atomic E-state index is 0.0953. The summed E-state index contributed by atoms with van der Waals surface area (Å²) in [7, 11) is -2.55. The minimum atomic E-state index is -4.08. The third-order valence-corrected chi connectivity index (χ3v) is 8.28. The number of likely N-dealkylation sites (N-methyl/N-ethyl adjacent to an activating group) is 1. The van der Waals surface area contributed by atoms with Gasteiger partial charge in [-0.25, -0.2) is 8.42 Å². The fraction of sp³-hybridized carbons (Fsp3) is 0.310. The third kappa shape index (κ3) is 6.38. The lowest BCUT2D eigenvalue weighted by molar-refractivity contribution is -0.140. The van der Waals surface area contributed by atoms with Crippen molar-refractivity contribution in [3.8, 4) is 0 Å². The van der Waals surface area contributed by atoms with Crippen LogP contribution in [0, 0.1) is 20.8 Å². The van der Waals surface area contributed by atoms with E-state index in [1.165, 1.54) is 11.9 Å². The Bertz CT molecular complexity index is 1350. The molecule has 0 saturated carbocycles. The lowest BCUT2D eigenvalue weighted by atomic mass is 10.1. The zero-order chi connectivity index (χ0) is 27.2. The molecule has 1 N–H and O–H groups in total. The molecule has 0 radical (unpaired) electrons. The Balaban J connectivity index is 2.08. The Kier molecular flexibility index (Phi) is 9.10. The Hall–Kier alpha value is -3.65. The number of sulfonamides is 1. The van der Waals surface area contributed by atoms with Crippen molar-refractivity contribution in [2.75, 3.05) is 17.9 Å². The van der Waals surface area contributed by atoms with Gasteiger partial charge in [0, 0.05) is 13.6 Å². The first-order chi connectivity index (χ1) is 17.6. The molecule has 3 aromatic rings. The molecule has 0 fully saturated rings. The number of hydrogen-bond acceptors (Lipinski definition) is 4. The van der Waals surface area contributed by atoms with Gasteiger partial charge in [-0.3, -0.25) is 13.9 Å². The van der Waals surface area contributed by atoms with Crippen molar-refractivity contribution in [3.63, 3.8) is 0 Å². The number of carbonyl (C=O) groups excluding carboxylic acids is 2. The Labute approximate surface area is 220 Å². The highest BCUT2D eigenvalue weighted by Gasteiger charge is 2.34. The molecule has 0 aliphatic heterocycles. The molecule has 7 nitrogen and oxygen atoms in total. The van der Waals surface area contributed by atoms with E-state index in [4.69, 9.17) is 0 Å². The van der Waals surface area contributed by atoms with Gasteiger partial charge in [-0.05, 0) is 62.1 Å². The van der Waals surface area contributed by atoms with Gasteiger partial charge >= 0.3 is 0 Å². The van der Waals surface area contributed by atoms with Gasteiger partial charge in [-0.15, -0.1) is 0 Å². The van der Waals surface area contributed by atoms with Crippen molar-refractivity contribution in [1.82, 2.24) is 10.2 Å². The Morgan fingerprint density at radius 2 is 1.46 bits per heavy atom. The summed E-state index contributed by atoms with van der Waals surface area (Å²) in [6.45, 7) is 7.21.